The summed E-state index contributed by atoms with van der Waals surface area (Å²) in [7, 11) is 0. The highest BCUT2D eigenvalue weighted by molar-refractivity contribution is 5.93. The predicted octanol–water partition coefficient (Wildman–Crippen LogP) is 5.20. The van der Waals surface area contributed by atoms with Gasteiger partial charge in [-0.05, 0) is 54.7 Å². The molecule has 4 rings (SSSR count). The highest BCUT2D eigenvalue weighted by Crippen LogP contribution is 2.26. The van der Waals surface area contributed by atoms with Crippen LogP contribution in [0.15, 0.2) is 54.9 Å². The molecule has 2 heterocycles. The van der Waals surface area contributed by atoms with Crippen molar-refractivity contribution in [1.82, 2.24) is 9.88 Å². The highest BCUT2D eigenvalue weighted by Gasteiger charge is 2.23. The summed E-state index contributed by atoms with van der Waals surface area (Å²) in [6.45, 7) is 9.68. The number of nitrogens with one attached hydrogen (secondary N) is 1. The van der Waals surface area contributed by atoms with Crippen molar-refractivity contribution in [2.24, 2.45) is 5.92 Å². The van der Waals surface area contributed by atoms with Crippen LogP contribution in [0.2, 0.25) is 0 Å². The van der Waals surface area contributed by atoms with Crippen molar-refractivity contribution in [2.75, 3.05) is 31.6 Å². The zero-order valence-corrected chi connectivity index (χ0v) is 20.4. The van der Waals surface area contributed by atoms with Gasteiger partial charge in [0.05, 0.1) is 0 Å². The lowest BCUT2D eigenvalue weighted by Crippen LogP contribution is -2.26. The van der Waals surface area contributed by atoms with Crippen molar-refractivity contribution < 1.29 is 14.3 Å². The topological polar surface area (TPSA) is 63.7 Å². The predicted molar refractivity (Wildman–Crippen MR) is 136 cm³/mol. The Bertz CT molecular complexity index is 1110. The summed E-state index contributed by atoms with van der Waals surface area (Å²) >= 11 is 0. The second-order valence-electron chi connectivity index (χ2n) is 9.59. The zero-order chi connectivity index (χ0) is 23.9. The van der Waals surface area contributed by atoms with E-state index in [1.54, 1.807) is 0 Å². The Labute approximate surface area is 202 Å². The molecule has 1 fully saturated rings. The van der Waals surface area contributed by atoms with Crippen molar-refractivity contribution in [2.45, 2.75) is 46.2 Å². The molecule has 0 bridgehead atoms. The quantitative estimate of drug-likeness (QED) is 0.331. The van der Waals surface area contributed by atoms with Crippen LogP contribution >= 0.6 is 0 Å². The highest BCUT2D eigenvalue weighted by atomic mass is 16.6. The van der Waals surface area contributed by atoms with Crippen molar-refractivity contribution in [1.29, 1.82) is 0 Å². The average molecular weight is 462 g/mol. The van der Waals surface area contributed by atoms with Crippen LogP contribution < -0.4 is 10.1 Å². The number of nitrogens with zero attached hydrogens (tertiary/aromatic N) is 2. The second kappa shape index (κ2) is 11.3. The molecule has 2 aromatic carbocycles. The van der Waals surface area contributed by atoms with E-state index in [0.29, 0.717) is 25.0 Å². The molecule has 0 radical (unpaired) electrons. The molecular weight excluding hydrogens is 426 g/mol. The van der Waals surface area contributed by atoms with Crippen LogP contribution in [0.1, 0.15) is 37.8 Å². The SMILES string of the molecule is Cc1cc(CN2CCC(Nc3cccc4cnccc34)C2)cc(OCCOC(=O)CC(C)C)c1. The van der Waals surface area contributed by atoms with Gasteiger partial charge in [0.2, 0.25) is 0 Å². The number of aromatic nitrogens is 1. The number of likely N-dealkylation sites (tertiary alicyclic amines) is 1. The van der Waals surface area contributed by atoms with Gasteiger partial charge in [-0.2, -0.15) is 0 Å². The Morgan fingerprint density at radius 3 is 2.94 bits per heavy atom. The average Bonchev–Trinajstić information content (AvgIpc) is 3.23. The van der Waals surface area contributed by atoms with Crippen LogP contribution in [-0.4, -0.2) is 48.2 Å². The summed E-state index contributed by atoms with van der Waals surface area (Å²) in [4.78, 5) is 18.4. The van der Waals surface area contributed by atoms with E-state index in [2.05, 4.69) is 58.5 Å². The van der Waals surface area contributed by atoms with Crippen molar-refractivity contribution in [3.8, 4) is 5.75 Å². The van der Waals surface area contributed by atoms with Gasteiger partial charge in [0.15, 0.2) is 0 Å². The maximum absolute atomic E-state index is 11.7. The van der Waals surface area contributed by atoms with E-state index < -0.39 is 0 Å². The van der Waals surface area contributed by atoms with Gasteiger partial charge in [-0.15, -0.1) is 0 Å². The van der Waals surface area contributed by atoms with Gasteiger partial charge in [-0.3, -0.25) is 14.7 Å². The van der Waals surface area contributed by atoms with Gasteiger partial charge in [-0.25, -0.2) is 0 Å². The molecule has 34 heavy (non-hydrogen) atoms. The first-order chi connectivity index (χ1) is 16.5. The van der Waals surface area contributed by atoms with Crippen LogP contribution in [-0.2, 0) is 16.1 Å². The fourth-order valence-electron chi connectivity index (χ4n) is 4.53. The summed E-state index contributed by atoms with van der Waals surface area (Å²) in [5, 5.41) is 6.11. The Morgan fingerprint density at radius 2 is 2.09 bits per heavy atom. The number of ether oxygens (including phenoxy) is 2. The Balaban J connectivity index is 1.28. The van der Waals surface area contributed by atoms with E-state index in [4.69, 9.17) is 9.47 Å². The molecule has 6 heteroatoms. The third-order valence-corrected chi connectivity index (χ3v) is 6.02. The van der Waals surface area contributed by atoms with E-state index in [9.17, 15) is 4.79 Å². The summed E-state index contributed by atoms with van der Waals surface area (Å²) in [5.41, 5.74) is 3.58. The summed E-state index contributed by atoms with van der Waals surface area (Å²) in [6.07, 6.45) is 5.31. The summed E-state index contributed by atoms with van der Waals surface area (Å²) in [5.74, 6) is 0.964. The van der Waals surface area contributed by atoms with Crippen molar-refractivity contribution in [3.05, 3.63) is 66.0 Å². The summed E-state index contributed by atoms with van der Waals surface area (Å²) in [6, 6.07) is 15.2. The maximum atomic E-state index is 11.7. The molecule has 1 aliphatic heterocycles. The minimum atomic E-state index is -0.166. The number of pyridine rings is 1. The molecule has 0 saturated carbocycles. The molecule has 0 aliphatic carbocycles. The van der Waals surface area contributed by atoms with E-state index in [0.717, 1.165) is 37.2 Å². The van der Waals surface area contributed by atoms with E-state index in [1.807, 2.05) is 32.3 Å². The van der Waals surface area contributed by atoms with Gasteiger partial charge < -0.3 is 14.8 Å². The number of rotatable bonds is 10. The number of carbonyl (C=O) groups is 1. The molecule has 1 aromatic heterocycles. The molecule has 6 nitrogen and oxygen atoms in total. The van der Waals surface area contributed by atoms with E-state index >= 15 is 0 Å². The number of esters is 1. The third-order valence-electron chi connectivity index (χ3n) is 6.02. The Kier molecular flexibility index (Phi) is 8.01. The largest absolute Gasteiger partial charge is 0.490 e. The molecule has 1 unspecified atom stereocenters. The minimum absolute atomic E-state index is 0.166. The van der Waals surface area contributed by atoms with Crippen LogP contribution in [0.4, 0.5) is 5.69 Å². The molecule has 1 N–H and O–H groups in total. The lowest BCUT2D eigenvalue weighted by atomic mass is 10.1. The number of hydrogen-bond donors (Lipinski definition) is 1. The lowest BCUT2D eigenvalue weighted by molar-refractivity contribution is -0.145. The molecule has 0 spiro atoms. The molecule has 180 valence electrons. The first-order valence-corrected chi connectivity index (χ1v) is 12.2. The zero-order valence-electron chi connectivity index (χ0n) is 20.4. The molecule has 1 atom stereocenters. The van der Waals surface area contributed by atoms with E-state index in [1.165, 1.54) is 22.2 Å². The van der Waals surface area contributed by atoms with E-state index in [-0.39, 0.29) is 12.6 Å². The first kappa shape index (κ1) is 24.0. The lowest BCUT2D eigenvalue weighted by Gasteiger charge is -2.19. The maximum Gasteiger partial charge on any atom is 0.306 e. The number of aryl methyl sites for hydroxylation is 1. The van der Waals surface area contributed by atoms with Crippen LogP contribution in [0, 0.1) is 12.8 Å². The number of carbonyl (C=O) groups excluding carboxylic acids is 1. The second-order valence-corrected chi connectivity index (χ2v) is 9.59. The molecule has 1 saturated heterocycles. The number of fused-ring (bicyclic) bond motifs is 1. The molecule has 0 amide bonds. The summed E-state index contributed by atoms with van der Waals surface area (Å²) < 4.78 is 11.1. The number of benzene rings is 2. The number of hydrogen-bond acceptors (Lipinski definition) is 6. The van der Waals surface area contributed by atoms with Gasteiger partial charge in [0, 0.05) is 61.0 Å². The fourth-order valence-corrected chi connectivity index (χ4v) is 4.53. The third kappa shape index (κ3) is 6.70. The normalized spacial score (nSPS) is 16.2. The molecular formula is C28H35N3O3. The molecule has 1 aliphatic rings. The van der Waals surface area contributed by atoms with Crippen LogP contribution in [0.3, 0.4) is 0 Å². The first-order valence-electron chi connectivity index (χ1n) is 12.2. The standard InChI is InChI=1S/C28H35N3O3/c1-20(2)13-28(32)34-12-11-33-25-15-21(3)14-22(16-25)18-31-10-8-24(19-31)30-27-6-4-5-23-17-29-9-7-26(23)27/h4-7,9,14-17,20,24,30H,8,10-13,18-19H2,1-3H3. The monoisotopic (exact) mass is 461 g/mol. The Morgan fingerprint density at radius 1 is 1.21 bits per heavy atom. The smallest absolute Gasteiger partial charge is 0.306 e. The van der Waals surface area contributed by atoms with Gasteiger partial charge in [0.1, 0.15) is 19.0 Å². The van der Waals surface area contributed by atoms with Crippen molar-refractivity contribution in [3.63, 3.8) is 0 Å². The minimum Gasteiger partial charge on any atom is -0.490 e. The molecule has 3 aromatic rings. The van der Waals surface area contributed by atoms with Gasteiger partial charge in [-0.1, -0.05) is 32.0 Å². The number of anilines is 1. The van der Waals surface area contributed by atoms with Gasteiger partial charge in [0.25, 0.3) is 0 Å². The van der Waals surface area contributed by atoms with Crippen LogP contribution in [0.25, 0.3) is 10.8 Å². The van der Waals surface area contributed by atoms with Crippen LogP contribution in [0.5, 0.6) is 5.75 Å². The fraction of sp³-hybridized carbons (Fsp3) is 0.429. The van der Waals surface area contributed by atoms with Gasteiger partial charge >= 0.3 is 5.97 Å². The van der Waals surface area contributed by atoms with Crippen molar-refractivity contribution >= 4 is 22.4 Å². The Hall–Kier alpha value is -3.12.